The first-order valence-electron chi connectivity index (χ1n) is 6.04. The van der Waals surface area contributed by atoms with Crippen molar-refractivity contribution in [2.75, 3.05) is 0 Å². The quantitative estimate of drug-likeness (QED) is 0.798. The van der Waals surface area contributed by atoms with Crippen LogP contribution < -0.4 is 5.73 Å². The third kappa shape index (κ3) is 2.52. The second kappa shape index (κ2) is 4.75. The Hall–Kier alpha value is -1.72. The predicted molar refractivity (Wildman–Crippen MR) is 75.6 cm³/mol. The van der Waals surface area contributed by atoms with Gasteiger partial charge in [-0.1, -0.05) is 0 Å². The summed E-state index contributed by atoms with van der Waals surface area (Å²) in [5.74, 6) is -0.210. The first-order valence-corrected chi connectivity index (χ1v) is 6.85. The van der Waals surface area contributed by atoms with Gasteiger partial charge in [0.15, 0.2) is 0 Å². The van der Waals surface area contributed by atoms with E-state index in [9.17, 15) is 4.39 Å². The minimum Gasteiger partial charge on any atom is -0.323 e. The third-order valence-electron chi connectivity index (χ3n) is 3.08. The molecule has 0 amide bonds. The summed E-state index contributed by atoms with van der Waals surface area (Å²) in [4.78, 5) is 1.07. The molecule has 0 radical (unpaired) electrons. The lowest BCUT2D eigenvalue weighted by Crippen LogP contribution is -2.11. The third-order valence-corrected chi connectivity index (χ3v) is 4.32. The van der Waals surface area contributed by atoms with E-state index in [0.717, 1.165) is 26.9 Å². The summed E-state index contributed by atoms with van der Waals surface area (Å²) in [6.45, 7) is 0. The maximum atomic E-state index is 13.2. The number of hydrogen-bond donors (Lipinski definition) is 1. The second-order valence-electron chi connectivity index (χ2n) is 4.66. The lowest BCUT2D eigenvalue weighted by Gasteiger charge is -2.06. The zero-order valence-corrected chi connectivity index (χ0v) is 11.3. The molecule has 1 unspecified atom stereocenters. The Balaban J connectivity index is 1.86. The van der Waals surface area contributed by atoms with Crippen molar-refractivity contribution in [2.45, 2.75) is 12.5 Å². The fraction of sp³-hybridized carbons (Fsp3) is 0.214. The smallest absolute Gasteiger partial charge is 0.123 e. The van der Waals surface area contributed by atoms with Crippen LogP contribution in [0.5, 0.6) is 0 Å². The molecule has 5 heteroatoms. The van der Waals surface area contributed by atoms with Crippen LogP contribution in [0.25, 0.3) is 10.1 Å². The molecule has 98 valence electrons. The molecule has 0 aliphatic rings. The summed E-state index contributed by atoms with van der Waals surface area (Å²) in [7, 11) is 1.89. The fourth-order valence-corrected chi connectivity index (χ4v) is 3.20. The number of nitrogens with two attached hydrogens (primary N) is 1. The van der Waals surface area contributed by atoms with Crippen molar-refractivity contribution in [1.82, 2.24) is 9.78 Å². The summed E-state index contributed by atoms with van der Waals surface area (Å²) in [6, 6.07) is 6.73. The van der Waals surface area contributed by atoms with Crippen LogP contribution in [-0.4, -0.2) is 9.78 Å². The van der Waals surface area contributed by atoms with E-state index >= 15 is 0 Å². The van der Waals surface area contributed by atoms with Gasteiger partial charge < -0.3 is 5.73 Å². The molecule has 3 rings (SSSR count). The van der Waals surface area contributed by atoms with Crippen molar-refractivity contribution < 1.29 is 4.39 Å². The monoisotopic (exact) mass is 275 g/mol. The normalized spacial score (nSPS) is 13.0. The van der Waals surface area contributed by atoms with Crippen LogP contribution in [0.1, 0.15) is 16.5 Å². The van der Waals surface area contributed by atoms with Gasteiger partial charge in [0.25, 0.3) is 0 Å². The van der Waals surface area contributed by atoms with Gasteiger partial charge in [-0.15, -0.1) is 11.3 Å². The highest BCUT2D eigenvalue weighted by atomic mass is 32.1. The largest absolute Gasteiger partial charge is 0.323 e. The molecule has 0 aliphatic carbocycles. The molecule has 1 atom stereocenters. The van der Waals surface area contributed by atoms with Gasteiger partial charge in [0.1, 0.15) is 5.82 Å². The van der Waals surface area contributed by atoms with Gasteiger partial charge in [-0.3, -0.25) is 4.68 Å². The highest BCUT2D eigenvalue weighted by molar-refractivity contribution is 7.19. The van der Waals surface area contributed by atoms with Gasteiger partial charge in [0, 0.05) is 28.9 Å². The van der Waals surface area contributed by atoms with Gasteiger partial charge in [-0.05, 0) is 41.6 Å². The number of benzene rings is 1. The fourth-order valence-electron chi connectivity index (χ4n) is 2.15. The van der Waals surface area contributed by atoms with Crippen molar-refractivity contribution >= 4 is 21.4 Å². The van der Waals surface area contributed by atoms with E-state index in [0.29, 0.717) is 0 Å². The molecule has 3 nitrogen and oxygen atoms in total. The minimum absolute atomic E-state index is 0.0790. The zero-order chi connectivity index (χ0) is 13.4. The maximum absolute atomic E-state index is 13.2. The number of thiophene rings is 1. The van der Waals surface area contributed by atoms with E-state index in [2.05, 4.69) is 5.10 Å². The molecule has 0 fully saturated rings. The predicted octanol–water partition coefficient (Wildman–Crippen LogP) is 3.02. The molecular weight excluding hydrogens is 261 g/mol. The van der Waals surface area contributed by atoms with Crippen LogP contribution in [0.4, 0.5) is 4.39 Å². The number of fused-ring (bicyclic) bond motifs is 1. The van der Waals surface area contributed by atoms with Crippen molar-refractivity contribution in [1.29, 1.82) is 0 Å². The van der Waals surface area contributed by atoms with E-state index in [-0.39, 0.29) is 11.9 Å². The molecule has 2 heterocycles. The maximum Gasteiger partial charge on any atom is 0.123 e. The summed E-state index contributed by atoms with van der Waals surface area (Å²) >= 11 is 1.62. The van der Waals surface area contributed by atoms with Crippen LogP contribution in [-0.2, 0) is 13.5 Å². The lowest BCUT2D eigenvalue weighted by atomic mass is 10.1. The number of halogens is 1. The zero-order valence-electron chi connectivity index (χ0n) is 10.5. The number of aromatic nitrogens is 2. The number of rotatable bonds is 3. The van der Waals surface area contributed by atoms with Crippen LogP contribution >= 0.6 is 11.3 Å². The summed E-state index contributed by atoms with van der Waals surface area (Å²) in [5, 5.41) is 5.05. The SMILES string of the molecule is Cn1cc(CC(N)c2cc3cc(F)ccc3s2)cn1. The van der Waals surface area contributed by atoms with Crippen LogP contribution in [0.2, 0.25) is 0 Å². The Bertz CT molecular complexity index is 716. The van der Waals surface area contributed by atoms with E-state index in [1.807, 2.05) is 25.5 Å². The molecule has 0 bridgehead atoms. The number of nitrogens with zero attached hydrogens (tertiary/aromatic N) is 2. The highest BCUT2D eigenvalue weighted by Gasteiger charge is 2.12. The minimum atomic E-state index is -0.210. The van der Waals surface area contributed by atoms with E-state index in [1.165, 1.54) is 6.07 Å². The molecule has 2 N–H and O–H groups in total. The summed E-state index contributed by atoms with van der Waals surface area (Å²) < 4.78 is 16.0. The van der Waals surface area contributed by atoms with Crippen molar-refractivity contribution in [3.8, 4) is 0 Å². The van der Waals surface area contributed by atoms with E-state index in [1.54, 1.807) is 28.2 Å². The van der Waals surface area contributed by atoms with Gasteiger partial charge in [0.2, 0.25) is 0 Å². The Labute approximate surface area is 114 Å². The number of aryl methyl sites for hydroxylation is 1. The molecular formula is C14H14FN3S. The van der Waals surface area contributed by atoms with Gasteiger partial charge in [-0.25, -0.2) is 4.39 Å². The molecule has 3 aromatic rings. The molecule has 0 aliphatic heterocycles. The summed E-state index contributed by atoms with van der Waals surface area (Å²) in [5.41, 5.74) is 7.33. The standard InChI is InChI=1S/C14H14FN3S/c1-18-8-9(7-17-18)4-12(16)14-6-10-5-11(15)2-3-13(10)19-14/h2-3,5-8,12H,4,16H2,1H3. The van der Waals surface area contributed by atoms with Gasteiger partial charge in [0.05, 0.1) is 6.20 Å². The van der Waals surface area contributed by atoms with Crippen molar-refractivity contribution in [3.05, 3.63) is 52.9 Å². The molecule has 19 heavy (non-hydrogen) atoms. The van der Waals surface area contributed by atoms with Gasteiger partial charge in [-0.2, -0.15) is 5.10 Å². The van der Waals surface area contributed by atoms with Crippen LogP contribution in [0, 0.1) is 5.82 Å². The van der Waals surface area contributed by atoms with Gasteiger partial charge >= 0.3 is 0 Å². The Kier molecular flexibility index (Phi) is 3.08. The molecule has 0 saturated heterocycles. The first-order chi connectivity index (χ1) is 9.11. The molecule has 1 aromatic carbocycles. The molecule has 2 aromatic heterocycles. The first kappa shape index (κ1) is 12.3. The Morgan fingerprint density at radius 2 is 2.26 bits per heavy atom. The van der Waals surface area contributed by atoms with Crippen LogP contribution in [0.15, 0.2) is 36.7 Å². The van der Waals surface area contributed by atoms with Crippen LogP contribution in [0.3, 0.4) is 0 Å². The average Bonchev–Trinajstić information content (AvgIpc) is 2.95. The lowest BCUT2D eigenvalue weighted by molar-refractivity contribution is 0.630. The summed E-state index contributed by atoms with van der Waals surface area (Å²) in [6.07, 6.45) is 4.53. The Morgan fingerprint density at radius 1 is 1.42 bits per heavy atom. The van der Waals surface area contributed by atoms with E-state index in [4.69, 9.17) is 5.73 Å². The second-order valence-corrected chi connectivity index (χ2v) is 5.78. The highest BCUT2D eigenvalue weighted by Crippen LogP contribution is 2.30. The Morgan fingerprint density at radius 3 is 3.00 bits per heavy atom. The number of hydrogen-bond acceptors (Lipinski definition) is 3. The van der Waals surface area contributed by atoms with Crippen molar-refractivity contribution in [2.24, 2.45) is 12.8 Å². The van der Waals surface area contributed by atoms with Crippen molar-refractivity contribution in [3.63, 3.8) is 0 Å². The van der Waals surface area contributed by atoms with E-state index < -0.39 is 0 Å². The topological polar surface area (TPSA) is 43.8 Å². The average molecular weight is 275 g/mol. The molecule has 0 saturated carbocycles. The molecule has 0 spiro atoms.